The molecule has 0 saturated carbocycles. The number of benzene rings is 4. The monoisotopic (exact) mass is 1490 g/mol. The van der Waals surface area contributed by atoms with Crippen LogP contribution in [0.2, 0.25) is 0 Å². The molecule has 7 atom stereocenters. The topological polar surface area (TPSA) is 539 Å². The lowest BCUT2D eigenvalue weighted by Crippen LogP contribution is -2.46. The van der Waals surface area contributed by atoms with Crippen LogP contribution in [0.4, 0.5) is 5.82 Å². The van der Waals surface area contributed by atoms with Gasteiger partial charge in [-0.15, -0.1) is 0 Å². The van der Waals surface area contributed by atoms with Crippen molar-refractivity contribution in [2.24, 2.45) is 5.41 Å². The number of hydrogen-bond donors (Lipinski definition) is 10. The minimum Gasteiger partial charge on any atom is -0.790 e. The number of aromatic nitrogens is 4. The summed E-state index contributed by atoms with van der Waals surface area (Å²) in [6.45, 7) is 0.00525. The predicted molar refractivity (Wildman–Crippen MR) is 358 cm³/mol. The van der Waals surface area contributed by atoms with Crippen molar-refractivity contribution in [2.45, 2.75) is 58.3 Å². The molecule has 11 N–H and O–H groups in total. The number of nitrogens with one attached hydrogen (secondary N) is 2. The van der Waals surface area contributed by atoms with Crippen molar-refractivity contribution in [1.29, 1.82) is 0 Å². The van der Waals surface area contributed by atoms with Crippen LogP contribution >= 0.6 is 35.2 Å². The predicted octanol–water partition coefficient (Wildman–Crippen LogP) is 2.99. The number of nitrogens with zero attached hydrogens (tertiary/aromatic N) is 4. The van der Waals surface area contributed by atoms with Gasteiger partial charge in [0.1, 0.15) is 42.9 Å². The highest BCUT2D eigenvalue weighted by Gasteiger charge is 2.47. The molecule has 39 heteroatoms. The molecule has 6 aromatic rings. The Balaban J connectivity index is 0.000000438. The Morgan fingerprint density at radius 2 is 1.23 bits per heavy atom. The summed E-state index contributed by atoms with van der Waals surface area (Å²) in [6, 6.07) is 19.2. The van der Waals surface area contributed by atoms with Gasteiger partial charge in [-0.25, -0.2) is 24.1 Å². The number of rotatable bonds is 32. The fourth-order valence-corrected chi connectivity index (χ4v) is 11.7. The zero-order valence-corrected chi connectivity index (χ0v) is 57.6. The number of esters is 1. The second kappa shape index (κ2) is 40.0. The summed E-state index contributed by atoms with van der Waals surface area (Å²) < 4.78 is 85.6. The number of carbonyl (C=O) groups excluding carboxylic acids is 4. The van der Waals surface area contributed by atoms with Crippen LogP contribution < -0.4 is 54.9 Å². The number of nitrogen functional groups attached to an aromatic ring is 1. The minimum absolute atomic E-state index is 0. The summed E-state index contributed by atoms with van der Waals surface area (Å²) in [5, 5.41) is 72.4. The van der Waals surface area contributed by atoms with Gasteiger partial charge in [0.2, 0.25) is 16.9 Å². The van der Waals surface area contributed by atoms with Gasteiger partial charge in [-0.3, -0.25) is 28.1 Å². The summed E-state index contributed by atoms with van der Waals surface area (Å²) in [5.74, 6) is -0.395. The number of aromatic hydroxyl groups is 4. The van der Waals surface area contributed by atoms with Crippen LogP contribution in [0.5, 0.6) is 46.0 Å². The number of phenolic OH excluding ortho intramolecular Hbond substituents is 4. The van der Waals surface area contributed by atoms with Gasteiger partial charge in [0, 0.05) is 36.8 Å². The Kier molecular flexibility index (Phi) is 33.5. The fourth-order valence-electron chi connectivity index (χ4n) is 8.38. The molecule has 7 rings (SSSR count). The Labute approximate surface area is 582 Å². The first-order valence-corrected chi connectivity index (χ1v) is 34.5. The fraction of sp³-hybridized carbons (Fsp3) is 0.339. The molecule has 2 aromatic heterocycles. The number of carbonyl (C=O) groups is 4. The highest BCUT2D eigenvalue weighted by atomic mass is 32.2. The van der Waals surface area contributed by atoms with Crippen LogP contribution in [0, 0.1) is 5.41 Å². The zero-order chi connectivity index (χ0) is 74.0. The van der Waals surface area contributed by atoms with E-state index in [1.807, 2.05) is 0 Å². The van der Waals surface area contributed by atoms with E-state index in [0.29, 0.717) is 28.4 Å². The number of aliphatic hydroxyl groups excluding tert-OH is 3. The number of nitrogens with two attached hydrogens (primary N) is 1. The maximum atomic E-state index is 12.6. The average molecular weight is 1490 g/mol. The van der Waals surface area contributed by atoms with Crippen LogP contribution in [0.1, 0.15) is 56.2 Å². The van der Waals surface area contributed by atoms with E-state index in [0.717, 1.165) is 40.1 Å². The third kappa shape index (κ3) is 27.6. The summed E-state index contributed by atoms with van der Waals surface area (Å²) in [4.78, 5) is 108. The summed E-state index contributed by atoms with van der Waals surface area (Å²) in [5.41, 5.74) is 7.02. The van der Waals surface area contributed by atoms with E-state index in [1.165, 1.54) is 84.8 Å². The van der Waals surface area contributed by atoms with Crippen molar-refractivity contribution in [1.82, 2.24) is 30.2 Å². The Bertz CT molecular complexity index is 4040. The Morgan fingerprint density at radius 1 is 0.723 bits per heavy atom. The number of phosphoric acid groups is 3. The first-order valence-electron chi connectivity index (χ1n) is 29.2. The minimum atomic E-state index is -5.93. The number of phenols is 4. The van der Waals surface area contributed by atoms with Crippen LogP contribution in [-0.2, 0) is 60.2 Å². The molecule has 35 nitrogen and oxygen atoms in total. The van der Waals surface area contributed by atoms with Gasteiger partial charge in [-0.2, -0.15) is 0 Å². The molecule has 2 amide bonds. The number of amides is 2. The molecule has 1 fully saturated rings. The molecule has 4 aromatic carbocycles. The molecule has 1 aliphatic heterocycles. The van der Waals surface area contributed by atoms with E-state index >= 15 is 0 Å². The average Bonchev–Trinajstić information content (AvgIpc) is 1.62. The molecule has 0 bridgehead atoms. The van der Waals surface area contributed by atoms with Gasteiger partial charge in [0.05, 0.1) is 62.4 Å². The molecule has 101 heavy (non-hydrogen) atoms. The van der Waals surface area contributed by atoms with E-state index in [4.69, 9.17) is 39.3 Å². The molecule has 7 unspecified atom stereocenters. The second-order valence-corrected chi connectivity index (χ2v) is 26.3. The molecule has 552 valence electrons. The standard InChI is InChI=1S/C31H44N7O19P3S.C20H20O6.C10H12O3.CH4/c1-31(2,26(43)29(44)34-9-8-21(40)33-10-11-61-22(41)7-5-17-4-6-18(39)19(12-17)52-3)14-54-60(50,51)57-59(48,49)53-13-20-25(56-58(45,46)47)24(42)30(55-20)38-16-37-23-27(32)35-15-36-28(23)38;1-24-18-12-14(5-8-16(18)21)4-3-11-26-20(23)10-7-15-6-9-17(22)19(13-15)25-2;1-13-10-7-8(3-2-6-11)4-5-9(10)12;/h4-7,12,15-16,20,24-26,30,39,42-43H,8-11,13-14H2,1-3H3,(H,33,40)(H,34,44)(H,48,49)(H,50,51)(H2,32,35,36)(H2,45,46,47);3-10,12-13,21-22H,11H2,1-2H3;2-5,7,11-12H,6H2,1H3;1H4/p-4/b7-5+;4-3+,10-7+;3-2+;. The van der Waals surface area contributed by atoms with E-state index in [2.05, 4.69) is 43.5 Å². The molecule has 0 aliphatic carbocycles. The zero-order valence-electron chi connectivity index (χ0n) is 54.1. The maximum absolute atomic E-state index is 12.6. The molecule has 1 saturated heterocycles. The Hall–Kier alpha value is -8.77. The molecular weight excluding hydrogens is 1420 g/mol. The number of phosphoric ester groups is 3. The van der Waals surface area contributed by atoms with Crippen LogP contribution in [-0.4, -0.2) is 176 Å². The van der Waals surface area contributed by atoms with Gasteiger partial charge >= 0.3 is 5.97 Å². The third-order valence-electron chi connectivity index (χ3n) is 13.4. The number of aliphatic hydroxyl groups is 3. The third-order valence-corrected chi connectivity index (χ3v) is 17.2. The molecule has 1 aliphatic rings. The molecule has 3 heterocycles. The number of ether oxygens (including phenoxy) is 6. The summed E-state index contributed by atoms with van der Waals surface area (Å²) >= 11 is 0.923. The normalized spacial score (nSPS) is 16.8. The highest BCUT2D eigenvalue weighted by molar-refractivity contribution is 8.14. The lowest BCUT2D eigenvalue weighted by Gasteiger charge is -2.36. The van der Waals surface area contributed by atoms with Gasteiger partial charge in [-0.1, -0.05) is 81.6 Å². The number of anilines is 1. The van der Waals surface area contributed by atoms with Crippen molar-refractivity contribution >= 4 is 99.4 Å². The number of imidazole rings is 1. The van der Waals surface area contributed by atoms with Crippen LogP contribution in [0.15, 0.2) is 110 Å². The first-order chi connectivity index (χ1) is 47.2. The summed E-state index contributed by atoms with van der Waals surface area (Å²) in [6.07, 6.45) is 4.78. The van der Waals surface area contributed by atoms with Gasteiger partial charge in [-0.05, 0) is 89.0 Å². The van der Waals surface area contributed by atoms with E-state index < -0.39 is 90.5 Å². The van der Waals surface area contributed by atoms with Crippen molar-refractivity contribution < 1.29 is 134 Å². The van der Waals surface area contributed by atoms with Crippen molar-refractivity contribution in [3.63, 3.8) is 0 Å². The quantitative estimate of drug-likeness (QED) is 0.0126. The number of methoxy groups -OCH3 is 4. The molecule has 0 radical (unpaired) electrons. The van der Waals surface area contributed by atoms with Crippen LogP contribution in [0.25, 0.3) is 35.5 Å². The lowest BCUT2D eigenvalue weighted by molar-refractivity contribution is -0.347. The number of hydrogen-bond acceptors (Lipinski definition) is 33. The SMILES string of the molecule is C.COc1cc(/C=C/C(=O)SCCNC(=O)CCNC(=O)C(O)C(C)(C)COP(=O)([O-])OP(=O)([O-])OCC2OC(n3cnc4c(N)ncnc43)C(O)C2OP(=O)([O-])[O-])ccc1O.COc1cc(/C=C/CO)ccc1O.COc1cc(/C=C/COC(=O)/C=C/c2ccc(O)c(OC)c2)ccc1O. The lowest BCUT2D eigenvalue weighted by atomic mass is 9.87. The number of thioether (sulfide) groups is 1. The summed E-state index contributed by atoms with van der Waals surface area (Å²) in [7, 11) is -11.8. The van der Waals surface area contributed by atoms with E-state index in [-0.39, 0.29) is 96.7 Å². The van der Waals surface area contributed by atoms with Gasteiger partial charge in [0.15, 0.2) is 63.7 Å². The largest absolute Gasteiger partial charge is 0.790 e. The molecule has 0 spiro atoms. The van der Waals surface area contributed by atoms with Gasteiger partial charge in [0.25, 0.3) is 15.6 Å². The van der Waals surface area contributed by atoms with Crippen LogP contribution in [0.3, 0.4) is 0 Å². The highest BCUT2D eigenvalue weighted by Crippen LogP contribution is 2.56. The number of fused-ring (bicyclic) bond motifs is 1. The second-order valence-electron chi connectivity index (χ2n) is 21.2. The van der Waals surface area contributed by atoms with Crippen molar-refractivity contribution in [3.8, 4) is 46.0 Å². The van der Waals surface area contributed by atoms with Crippen molar-refractivity contribution in [3.05, 3.63) is 132 Å². The smallest absolute Gasteiger partial charge is 0.331 e. The van der Waals surface area contributed by atoms with E-state index in [9.17, 15) is 83.1 Å². The molecular formula is C62H76N7O28P3S-4. The van der Waals surface area contributed by atoms with Crippen molar-refractivity contribution in [2.75, 3.05) is 79.4 Å². The maximum Gasteiger partial charge on any atom is 0.331 e. The van der Waals surface area contributed by atoms with Gasteiger partial charge < -0.3 is 118 Å². The first kappa shape index (κ1) is 84.6. The van der Waals surface area contributed by atoms with E-state index in [1.54, 1.807) is 78.9 Å². The Morgan fingerprint density at radius 3 is 1.74 bits per heavy atom.